The van der Waals surface area contributed by atoms with Crippen LogP contribution < -0.4 is 26.7 Å². The summed E-state index contributed by atoms with van der Waals surface area (Å²) in [4.78, 5) is 29.7. The Balaban J connectivity index is 1.33. The molecule has 11 nitrogen and oxygen atoms in total. The molecule has 13 heteroatoms. The molecule has 4 aromatic rings. The topological polar surface area (TPSA) is 157 Å². The molecule has 0 bridgehead atoms. The first kappa shape index (κ1) is 27.4. The Hall–Kier alpha value is -5.17. The first-order chi connectivity index (χ1) is 19.7. The number of pyridine rings is 1. The van der Waals surface area contributed by atoms with E-state index in [9.17, 15) is 14.0 Å². The smallest absolute Gasteiger partial charge is 0.284 e. The molecule has 0 radical (unpaired) electrons. The Morgan fingerprint density at radius 1 is 1.10 bits per heavy atom. The van der Waals surface area contributed by atoms with Gasteiger partial charge in [0.2, 0.25) is 0 Å². The van der Waals surface area contributed by atoms with Crippen molar-refractivity contribution in [1.82, 2.24) is 20.1 Å². The molecule has 1 fully saturated rings. The molecule has 0 spiro atoms. The lowest BCUT2D eigenvalue weighted by Crippen LogP contribution is -2.40. The van der Waals surface area contributed by atoms with Crippen molar-refractivity contribution in [3.05, 3.63) is 100 Å². The van der Waals surface area contributed by atoms with E-state index in [4.69, 9.17) is 20.6 Å². The van der Waals surface area contributed by atoms with Gasteiger partial charge in [0.05, 0.1) is 17.8 Å². The molecule has 5 N–H and O–H groups in total. The van der Waals surface area contributed by atoms with Crippen LogP contribution in [0.2, 0.25) is 0 Å². The summed E-state index contributed by atoms with van der Waals surface area (Å²) < 4.78 is 40.3. The first-order valence-electron chi connectivity index (χ1n) is 12.4. The van der Waals surface area contributed by atoms with Crippen molar-refractivity contribution in [2.24, 2.45) is 0 Å². The van der Waals surface area contributed by atoms with Gasteiger partial charge in [-0.3, -0.25) is 15.0 Å². The minimum atomic E-state index is -0.819. The van der Waals surface area contributed by atoms with Gasteiger partial charge in [0.1, 0.15) is 34.3 Å². The second kappa shape index (κ2) is 11.1. The highest BCUT2D eigenvalue weighted by Crippen LogP contribution is 2.37. The van der Waals surface area contributed by atoms with Crippen LogP contribution in [-0.2, 0) is 4.74 Å². The third kappa shape index (κ3) is 5.89. The summed E-state index contributed by atoms with van der Waals surface area (Å²) in [6.45, 7) is 0.410. The third-order valence-corrected chi connectivity index (χ3v) is 6.43. The van der Waals surface area contributed by atoms with Gasteiger partial charge in [0.25, 0.3) is 11.5 Å². The number of nitrogens with one attached hydrogen (secondary N) is 3. The van der Waals surface area contributed by atoms with Gasteiger partial charge in [-0.05, 0) is 55.3 Å². The van der Waals surface area contributed by atoms with E-state index in [1.54, 1.807) is 7.11 Å². The quantitative estimate of drug-likeness (QED) is 0.178. The minimum absolute atomic E-state index is 0.0288. The van der Waals surface area contributed by atoms with Crippen molar-refractivity contribution in [2.45, 2.75) is 18.4 Å². The maximum Gasteiger partial charge on any atom is 0.284 e. The molecule has 2 aromatic carbocycles. The van der Waals surface area contributed by atoms with Gasteiger partial charge in [0.15, 0.2) is 11.6 Å². The number of hydrogen-bond donors (Lipinski definition) is 4. The molecular formula is C28H25F2N7O4. The average Bonchev–Trinajstić information content (AvgIpc) is 3.69. The molecule has 1 aliphatic rings. The highest BCUT2D eigenvalue weighted by Gasteiger charge is 2.44. The summed E-state index contributed by atoms with van der Waals surface area (Å²) in [6.07, 6.45) is 4.27. The highest BCUT2D eigenvalue weighted by molar-refractivity contribution is 6.04. The summed E-state index contributed by atoms with van der Waals surface area (Å²) >= 11 is 0. The predicted molar refractivity (Wildman–Crippen MR) is 147 cm³/mol. The second-order valence-electron chi connectivity index (χ2n) is 9.42. The highest BCUT2D eigenvalue weighted by atomic mass is 19.1. The standard InChI is InChI=1S/C28H25F2N7O4/c1-40-15-28(10-11-28)36-25(32)23-22(9-12-33-24(23)31)41-21-7-4-17(14-20(21)30)35-26(38)19-8-13-34-37(27(19)39)18-5-2-16(29)3-6-18/h2-9,12-14H,10-11,15H2,1H3,(H2,31,33)(H2,32,36)(H,35,38). The number of carbonyl (C=O) groups is 1. The summed E-state index contributed by atoms with van der Waals surface area (Å²) in [7, 11) is 1.58. The lowest BCUT2D eigenvalue weighted by molar-refractivity contribution is 0.102. The fraction of sp³-hybridized carbons (Fsp3) is 0.179. The van der Waals surface area contributed by atoms with Gasteiger partial charge in [-0.25, -0.2) is 13.8 Å². The normalized spacial score (nSPS) is 13.3. The SMILES string of the molecule is COCC1(NC(=N)c2c(Oc3ccc(NC(=O)c4ccnn(-c5ccc(F)cc5)c4=O)cc3F)ccnc2N)CC1. The Labute approximate surface area is 232 Å². The molecule has 41 heavy (non-hydrogen) atoms. The van der Waals surface area contributed by atoms with Crippen LogP contribution in [0.1, 0.15) is 28.8 Å². The number of anilines is 2. The van der Waals surface area contributed by atoms with E-state index in [2.05, 4.69) is 20.7 Å². The van der Waals surface area contributed by atoms with Crippen molar-refractivity contribution < 1.29 is 23.0 Å². The Morgan fingerprint density at radius 2 is 1.85 bits per heavy atom. The molecule has 0 atom stereocenters. The number of amides is 1. The Morgan fingerprint density at radius 3 is 2.54 bits per heavy atom. The van der Waals surface area contributed by atoms with Crippen LogP contribution in [0.25, 0.3) is 5.69 Å². The number of nitrogens with two attached hydrogens (primary N) is 1. The fourth-order valence-electron chi connectivity index (χ4n) is 4.19. The van der Waals surface area contributed by atoms with Crippen LogP contribution in [0.5, 0.6) is 11.5 Å². The number of carbonyl (C=O) groups excluding carboxylic acids is 1. The van der Waals surface area contributed by atoms with Crippen LogP contribution in [0.15, 0.2) is 71.8 Å². The van der Waals surface area contributed by atoms with Gasteiger partial charge in [-0.1, -0.05) is 0 Å². The largest absolute Gasteiger partial charge is 0.453 e. The second-order valence-corrected chi connectivity index (χ2v) is 9.42. The lowest BCUT2D eigenvalue weighted by atomic mass is 10.1. The summed E-state index contributed by atoms with van der Waals surface area (Å²) in [5.74, 6) is -2.19. The maximum absolute atomic E-state index is 15.1. The molecule has 1 saturated carbocycles. The summed E-state index contributed by atoms with van der Waals surface area (Å²) in [5, 5.41) is 18.1. The molecule has 0 unspecified atom stereocenters. The van der Waals surface area contributed by atoms with Crippen molar-refractivity contribution in [2.75, 3.05) is 24.8 Å². The van der Waals surface area contributed by atoms with Crippen molar-refractivity contribution in [1.29, 1.82) is 5.41 Å². The summed E-state index contributed by atoms with van der Waals surface area (Å²) in [6, 6.07) is 11.4. The lowest BCUT2D eigenvalue weighted by Gasteiger charge is -2.20. The summed E-state index contributed by atoms with van der Waals surface area (Å²) in [5.41, 5.74) is 5.17. The van der Waals surface area contributed by atoms with Crippen LogP contribution in [0, 0.1) is 17.0 Å². The maximum atomic E-state index is 15.1. The number of amidine groups is 1. The molecule has 2 heterocycles. The first-order valence-corrected chi connectivity index (χ1v) is 12.4. The van der Waals surface area contributed by atoms with Gasteiger partial charge in [-0.15, -0.1) is 0 Å². The van der Waals surface area contributed by atoms with E-state index in [1.165, 1.54) is 48.8 Å². The van der Waals surface area contributed by atoms with Gasteiger partial charge >= 0.3 is 0 Å². The number of ether oxygens (including phenoxy) is 2. The minimum Gasteiger partial charge on any atom is -0.453 e. The molecule has 210 valence electrons. The average molecular weight is 562 g/mol. The van der Waals surface area contributed by atoms with E-state index in [1.807, 2.05) is 0 Å². The number of halogens is 2. The molecule has 0 saturated heterocycles. The van der Waals surface area contributed by atoms with E-state index in [0.717, 1.165) is 35.7 Å². The van der Waals surface area contributed by atoms with Crippen molar-refractivity contribution in [3.63, 3.8) is 0 Å². The molecule has 5 rings (SSSR count). The van der Waals surface area contributed by atoms with Gasteiger partial charge in [-0.2, -0.15) is 9.78 Å². The number of benzene rings is 2. The van der Waals surface area contributed by atoms with Crippen LogP contribution >= 0.6 is 0 Å². The third-order valence-electron chi connectivity index (χ3n) is 6.43. The number of rotatable bonds is 9. The van der Waals surface area contributed by atoms with Crippen LogP contribution in [0.4, 0.5) is 20.3 Å². The molecule has 1 amide bonds. The number of methoxy groups -OCH3 is 1. The molecule has 0 aliphatic heterocycles. The monoisotopic (exact) mass is 561 g/mol. The predicted octanol–water partition coefficient (Wildman–Crippen LogP) is 3.63. The number of nitrogen functional groups attached to an aromatic ring is 1. The van der Waals surface area contributed by atoms with Gasteiger partial charge in [0, 0.05) is 37.3 Å². The fourth-order valence-corrected chi connectivity index (χ4v) is 4.19. The van der Waals surface area contributed by atoms with Crippen molar-refractivity contribution >= 4 is 23.2 Å². The van der Waals surface area contributed by atoms with E-state index in [-0.39, 0.29) is 51.2 Å². The number of hydrogen-bond acceptors (Lipinski definition) is 8. The number of aromatic nitrogens is 3. The molecular weight excluding hydrogens is 536 g/mol. The zero-order valence-electron chi connectivity index (χ0n) is 21.8. The van der Waals surface area contributed by atoms with Gasteiger partial charge < -0.3 is 25.8 Å². The van der Waals surface area contributed by atoms with E-state index < -0.39 is 23.1 Å². The Kier molecular flexibility index (Phi) is 7.44. The van der Waals surface area contributed by atoms with Crippen LogP contribution in [0.3, 0.4) is 0 Å². The van der Waals surface area contributed by atoms with Crippen LogP contribution in [-0.4, -0.2) is 45.8 Å². The Bertz CT molecular complexity index is 1690. The van der Waals surface area contributed by atoms with E-state index in [0.29, 0.717) is 6.61 Å². The van der Waals surface area contributed by atoms with Crippen molar-refractivity contribution in [3.8, 4) is 17.2 Å². The molecule has 2 aromatic heterocycles. The molecule has 1 aliphatic carbocycles. The number of nitrogens with zero attached hydrogens (tertiary/aromatic N) is 3. The zero-order chi connectivity index (χ0) is 29.1. The zero-order valence-corrected chi connectivity index (χ0v) is 21.8. The van der Waals surface area contributed by atoms with E-state index >= 15 is 4.39 Å².